The molecule has 0 amide bonds. The van der Waals surface area contributed by atoms with Crippen LogP contribution in [0.15, 0.2) is 180 Å². The molecule has 234 valence electrons. The van der Waals surface area contributed by atoms with Gasteiger partial charge in [-0.15, -0.1) is 11.3 Å². The van der Waals surface area contributed by atoms with E-state index in [1.807, 2.05) is 23.1 Å². The van der Waals surface area contributed by atoms with E-state index in [1.54, 1.807) is 0 Å². The van der Waals surface area contributed by atoms with Crippen LogP contribution in [0.4, 0.5) is 11.4 Å². The monoisotopic (exact) mass is 671 g/mol. The molecule has 1 spiro atoms. The number of hydrogen-bond donors (Lipinski definition) is 1. The van der Waals surface area contributed by atoms with Gasteiger partial charge in [0.1, 0.15) is 0 Å². The van der Waals surface area contributed by atoms with E-state index < -0.39 is 0 Å². The van der Waals surface area contributed by atoms with Crippen molar-refractivity contribution in [2.75, 3.05) is 5.32 Å². The minimum Gasteiger partial charge on any atom is -0.355 e. The second kappa shape index (κ2) is 10.7. The van der Waals surface area contributed by atoms with Crippen molar-refractivity contribution in [3.8, 4) is 22.3 Å². The van der Waals surface area contributed by atoms with Gasteiger partial charge in [0.25, 0.3) is 0 Å². The summed E-state index contributed by atoms with van der Waals surface area (Å²) < 4.78 is 2.59. The maximum absolute atomic E-state index is 3.92. The predicted molar refractivity (Wildman–Crippen MR) is 213 cm³/mol. The maximum atomic E-state index is 3.92. The molecule has 1 N–H and O–H groups in total. The molecule has 1 aliphatic heterocycles. The fraction of sp³-hybridized carbons (Fsp3) is 0.0213. The Labute approximate surface area is 298 Å². The Morgan fingerprint density at radius 1 is 0.440 bits per heavy atom. The number of benzene rings is 8. The molecule has 0 saturated carbocycles. The van der Waals surface area contributed by atoms with Gasteiger partial charge in [0.2, 0.25) is 0 Å². The van der Waals surface area contributed by atoms with Crippen LogP contribution in [0.3, 0.4) is 0 Å². The zero-order chi connectivity index (χ0) is 32.8. The quantitative estimate of drug-likeness (QED) is 0.201. The van der Waals surface area contributed by atoms with Crippen LogP contribution in [0.25, 0.3) is 53.2 Å². The number of nitrogens with one attached hydrogen (secondary N) is 1. The summed E-state index contributed by atoms with van der Waals surface area (Å²) >= 11 is 3.76. The number of rotatable bonds is 3. The van der Waals surface area contributed by atoms with E-state index >= 15 is 0 Å². The summed E-state index contributed by atoms with van der Waals surface area (Å²) in [5.41, 5.74) is 12.5. The van der Waals surface area contributed by atoms with Crippen LogP contribution in [0, 0.1) is 0 Å². The standard InChI is InChI=1S/C47H29NS2/c1-2-13-32-29(11-1)12-9-16-33(32)30-23-25-36-45(27-30)50-44-22-10-20-41(46(36)44)48-31-24-26-43-40(28-31)47(39-19-7-8-21-42(39)49-43)37-17-5-3-14-34(37)35-15-4-6-18-38(35)47/h1-28,48H. The molecular formula is C47H29NS2. The molecule has 11 rings (SSSR count). The van der Waals surface area contributed by atoms with Gasteiger partial charge in [-0.05, 0) is 97.7 Å². The van der Waals surface area contributed by atoms with Gasteiger partial charge in [-0.25, -0.2) is 0 Å². The van der Waals surface area contributed by atoms with Crippen molar-refractivity contribution < 1.29 is 0 Å². The molecule has 0 bridgehead atoms. The Balaban J connectivity index is 1.07. The molecule has 1 nitrogen and oxygen atoms in total. The Bertz CT molecular complexity index is 2790. The highest BCUT2D eigenvalue weighted by atomic mass is 32.2. The van der Waals surface area contributed by atoms with Crippen LogP contribution in [0.2, 0.25) is 0 Å². The Hall–Kier alpha value is -5.61. The molecule has 0 radical (unpaired) electrons. The molecule has 2 aliphatic rings. The first-order valence-corrected chi connectivity index (χ1v) is 18.7. The SMILES string of the molecule is c1ccc2c(c1)Sc1ccc(Nc3cccc4sc5cc(-c6cccc7ccccc67)ccc5c34)cc1C21c2ccccc2-c2ccccc21. The van der Waals surface area contributed by atoms with E-state index in [9.17, 15) is 0 Å². The van der Waals surface area contributed by atoms with Crippen molar-refractivity contribution in [2.45, 2.75) is 15.2 Å². The molecule has 0 unspecified atom stereocenters. The number of hydrogen-bond acceptors (Lipinski definition) is 3. The Morgan fingerprint density at radius 3 is 1.98 bits per heavy atom. The lowest BCUT2D eigenvalue weighted by Gasteiger charge is -2.40. The second-order valence-electron chi connectivity index (χ2n) is 13.3. The number of fused-ring (bicyclic) bond motifs is 13. The molecule has 2 heterocycles. The third-order valence-corrected chi connectivity index (χ3v) is 13.0. The van der Waals surface area contributed by atoms with Crippen LogP contribution in [0.1, 0.15) is 22.3 Å². The van der Waals surface area contributed by atoms with Crippen molar-refractivity contribution in [1.82, 2.24) is 0 Å². The number of thiophene rings is 1. The molecule has 9 aromatic rings. The summed E-state index contributed by atoms with van der Waals surface area (Å²) in [4.78, 5) is 2.63. The Morgan fingerprint density at radius 2 is 1.12 bits per heavy atom. The lowest BCUT2D eigenvalue weighted by Crippen LogP contribution is -2.32. The molecule has 8 aromatic carbocycles. The normalized spacial score (nSPS) is 13.7. The summed E-state index contributed by atoms with van der Waals surface area (Å²) in [5.74, 6) is 0. The van der Waals surface area contributed by atoms with Crippen LogP contribution >= 0.6 is 23.1 Å². The summed E-state index contributed by atoms with van der Waals surface area (Å²) in [6.07, 6.45) is 0. The Kier molecular flexibility index (Phi) is 6.04. The van der Waals surface area contributed by atoms with Crippen LogP contribution in [-0.4, -0.2) is 0 Å². The largest absolute Gasteiger partial charge is 0.355 e. The fourth-order valence-electron chi connectivity index (χ4n) is 8.66. The van der Waals surface area contributed by atoms with Crippen molar-refractivity contribution in [1.29, 1.82) is 0 Å². The highest BCUT2D eigenvalue weighted by molar-refractivity contribution is 7.99. The summed E-state index contributed by atoms with van der Waals surface area (Å²) in [5, 5.41) is 9.04. The first kappa shape index (κ1) is 28.3. The lowest BCUT2D eigenvalue weighted by molar-refractivity contribution is 0.723. The predicted octanol–water partition coefficient (Wildman–Crippen LogP) is 13.4. The molecule has 0 saturated heterocycles. The molecule has 1 aliphatic carbocycles. The van der Waals surface area contributed by atoms with E-state index in [4.69, 9.17) is 0 Å². The van der Waals surface area contributed by atoms with Gasteiger partial charge in [-0.3, -0.25) is 0 Å². The molecule has 50 heavy (non-hydrogen) atoms. The van der Waals surface area contributed by atoms with Gasteiger partial charge >= 0.3 is 0 Å². The highest BCUT2D eigenvalue weighted by Crippen LogP contribution is 2.62. The van der Waals surface area contributed by atoms with Gasteiger partial charge in [0.15, 0.2) is 0 Å². The third kappa shape index (κ3) is 3.90. The highest BCUT2D eigenvalue weighted by Gasteiger charge is 2.50. The van der Waals surface area contributed by atoms with E-state index in [0.717, 1.165) is 11.4 Å². The van der Waals surface area contributed by atoms with Gasteiger partial charge in [-0.1, -0.05) is 139 Å². The fourth-order valence-corrected chi connectivity index (χ4v) is 11.0. The summed E-state index contributed by atoms with van der Waals surface area (Å²) in [6.45, 7) is 0. The van der Waals surface area contributed by atoms with Gasteiger partial charge in [0.05, 0.1) is 5.41 Å². The van der Waals surface area contributed by atoms with Gasteiger partial charge in [0, 0.05) is 41.3 Å². The summed E-state index contributed by atoms with van der Waals surface area (Å²) in [6, 6.07) is 62.9. The van der Waals surface area contributed by atoms with E-state index in [1.165, 1.54) is 85.2 Å². The van der Waals surface area contributed by atoms with Crippen LogP contribution in [0.5, 0.6) is 0 Å². The van der Waals surface area contributed by atoms with Crippen molar-refractivity contribution >= 4 is 65.4 Å². The molecule has 3 heteroatoms. The molecule has 0 fully saturated rings. The minimum atomic E-state index is -0.388. The van der Waals surface area contributed by atoms with Crippen LogP contribution in [-0.2, 0) is 5.41 Å². The zero-order valence-corrected chi connectivity index (χ0v) is 28.6. The molecular weight excluding hydrogens is 643 g/mol. The lowest BCUT2D eigenvalue weighted by atomic mass is 9.67. The van der Waals surface area contributed by atoms with E-state index in [0.29, 0.717) is 0 Å². The van der Waals surface area contributed by atoms with Gasteiger partial charge in [-0.2, -0.15) is 0 Å². The van der Waals surface area contributed by atoms with E-state index in [2.05, 4.69) is 175 Å². The minimum absolute atomic E-state index is 0.388. The second-order valence-corrected chi connectivity index (χ2v) is 15.5. The van der Waals surface area contributed by atoms with Crippen molar-refractivity contribution in [3.05, 3.63) is 192 Å². The van der Waals surface area contributed by atoms with E-state index in [-0.39, 0.29) is 5.41 Å². The molecule has 1 aromatic heterocycles. The number of anilines is 2. The van der Waals surface area contributed by atoms with Crippen molar-refractivity contribution in [2.24, 2.45) is 0 Å². The first-order valence-electron chi connectivity index (χ1n) is 17.1. The third-order valence-electron chi connectivity index (χ3n) is 10.7. The molecule has 0 atom stereocenters. The maximum Gasteiger partial charge on any atom is 0.0736 e. The first-order chi connectivity index (χ1) is 24.8. The zero-order valence-electron chi connectivity index (χ0n) is 27.0. The smallest absolute Gasteiger partial charge is 0.0736 e. The summed E-state index contributed by atoms with van der Waals surface area (Å²) in [7, 11) is 0. The average Bonchev–Trinajstić information content (AvgIpc) is 3.69. The average molecular weight is 672 g/mol. The van der Waals surface area contributed by atoms with Crippen molar-refractivity contribution in [3.63, 3.8) is 0 Å². The van der Waals surface area contributed by atoms with Crippen LogP contribution < -0.4 is 5.32 Å². The van der Waals surface area contributed by atoms with Gasteiger partial charge < -0.3 is 5.32 Å². The topological polar surface area (TPSA) is 12.0 Å².